The molecule has 1 aliphatic heterocycles. The third-order valence-corrected chi connectivity index (χ3v) is 8.03. The molecule has 1 saturated carbocycles. The summed E-state index contributed by atoms with van der Waals surface area (Å²) in [6.45, 7) is 0.987. The standard InChI is InChI=1S/C34H30O8/c1-38-25-12-5-3-10-23(25)29-31(33(35)36)30(24-11-4-6-13-26(24)39-2)32(29)34(37)42-22-9-7-8-20(18-22)21-14-15-27-28(19-21)41-17-16-40-27/h3-15,18-19,29-32H,16-17H2,1-2H3,(H,35,36)/t29-,30-,31-,32+/m0/s1. The molecule has 0 spiro atoms. The second-order valence-corrected chi connectivity index (χ2v) is 10.2. The predicted octanol–water partition coefficient (Wildman–Crippen LogP) is 5.95. The van der Waals surface area contributed by atoms with Gasteiger partial charge in [0.1, 0.15) is 30.5 Å². The maximum absolute atomic E-state index is 14.0. The van der Waals surface area contributed by atoms with E-state index in [0.717, 1.165) is 11.1 Å². The van der Waals surface area contributed by atoms with E-state index in [1.54, 1.807) is 36.4 Å². The lowest BCUT2D eigenvalue weighted by atomic mass is 9.52. The van der Waals surface area contributed by atoms with Crippen LogP contribution in [0.4, 0.5) is 0 Å². The molecular weight excluding hydrogens is 536 g/mol. The maximum Gasteiger partial charge on any atom is 0.315 e. The summed E-state index contributed by atoms with van der Waals surface area (Å²) in [7, 11) is 3.06. The summed E-state index contributed by atoms with van der Waals surface area (Å²) < 4.78 is 28.5. The van der Waals surface area contributed by atoms with Crippen molar-refractivity contribution in [2.75, 3.05) is 27.4 Å². The van der Waals surface area contributed by atoms with Crippen LogP contribution >= 0.6 is 0 Å². The Balaban J connectivity index is 1.36. The van der Waals surface area contributed by atoms with Gasteiger partial charge in [-0.1, -0.05) is 54.6 Å². The van der Waals surface area contributed by atoms with Crippen molar-refractivity contribution in [3.05, 3.63) is 102 Å². The highest BCUT2D eigenvalue weighted by Crippen LogP contribution is 2.60. The first-order valence-corrected chi connectivity index (χ1v) is 13.7. The first kappa shape index (κ1) is 27.2. The Morgan fingerprint density at radius 2 is 1.29 bits per heavy atom. The van der Waals surface area contributed by atoms with Crippen LogP contribution in [-0.2, 0) is 9.59 Å². The van der Waals surface area contributed by atoms with Gasteiger partial charge in [0, 0.05) is 11.8 Å². The quantitative estimate of drug-likeness (QED) is 0.206. The van der Waals surface area contributed by atoms with Crippen molar-refractivity contribution < 1.29 is 38.4 Å². The molecule has 1 fully saturated rings. The Kier molecular flexibility index (Phi) is 7.44. The van der Waals surface area contributed by atoms with Crippen LogP contribution in [-0.4, -0.2) is 44.5 Å². The van der Waals surface area contributed by atoms with Crippen molar-refractivity contribution in [2.45, 2.75) is 11.8 Å². The van der Waals surface area contributed by atoms with Crippen LogP contribution in [0, 0.1) is 11.8 Å². The number of fused-ring (bicyclic) bond motifs is 1. The van der Waals surface area contributed by atoms with E-state index in [0.29, 0.717) is 53.1 Å². The molecule has 1 N–H and O–H groups in total. The molecule has 0 unspecified atom stereocenters. The van der Waals surface area contributed by atoms with Gasteiger partial charge in [0.05, 0.1) is 26.1 Å². The second-order valence-electron chi connectivity index (χ2n) is 10.2. The van der Waals surface area contributed by atoms with Gasteiger partial charge in [-0.25, -0.2) is 0 Å². The zero-order chi connectivity index (χ0) is 29.2. The van der Waals surface area contributed by atoms with Gasteiger partial charge >= 0.3 is 11.9 Å². The second kappa shape index (κ2) is 11.5. The molecule has 42 heavy (non-hydrogen) atoms. The normalized spacial score (nSPS) is 20.6. The summed E-state index contributed by atoms with van der Waals surface area (Å²) in [5, 5.41) is 10.4. The van der Waals surface area contributed by atoms with E-state index in [1.165, 1.54) is 14.2 Å². The van der Waals surface area contributed by atoms with Crippen LogP contribution in [0.1, 0.15) is 23.0 Å². The number of para-hydroxylation sites is 2. The van der Waals surface area contributed by atoms with Crippen LogP contribution < -0.4 is 23.7 Å². The number of ether oxygens (including phenoxy) is 5. The Morgan fingerprint density at radius 1 is 0.690 bits per heavy atom. The smallest absolute Gasteiger partial charge is 0.315 e. The number of carbonyl (C=O) groups is 2. The van der Waals surface area contributed by atoms with Crippen LogP contribution in [0.15, 0.2) is 91.0 Å². The highest BCUT2D eigenvalue weighted by atomic mass is 16.6. The molecule has 4 aromatic rings. The summed E-state index contributed by atoms with van der Waals surface area (Å²) in [5.74, 6) is -1.87. The fourth-order valence-electron chi connectivity index (χ4n) is 6.15. The van der Waals surface area contributed by atoms with E-state index in [2.05, 4.69) is 0 Å². The largest absolute Gasteiger partial charge is 0.496 e. The van der Waals surface area contributed by atoms with Crippen molar-refractivity contribution in [3.8, 4) is 39.9 Å². The lowest BCUT2D eigenvalue weighted by Gasteiger charge is -2.49. The summed E-state index contributed by atoms with van der Waals surface area (Å²) in [4.78, 5) is 26.8. The van der Waals surface area contributed by atoms with Gasteiger partial charge in [-0.15, -0.1) is 0 Å². The lowest BCUT2D eigenvalue weighted by molar-refractivity contribution is -0.158. The van der Waals surface area contributed by atoms with E-state index in [-0.39, 0.29) is 0 Å². The topological polar surface area (TPSA) is 101 Å². The first-order chi connectivity index (χ1) is 20.5. The average molecular weight is 567 g/mol. The molecule has 1 aliphatic carbocycles. The summed E-state index contributed by atoms with van der Waals surface area (Å²) in [6.07, 6.45) is 0. The molecule has 0 aromatic heterocycles. The minimum absolute atomic E-state index is 0.351. The molecule has 0 saturated heterocycles. The third-order valence-electron chi connectivity index (χ3n) is 8.03. The van der Waals surface area contributed by atoms with Gasteiger partial charge in [0.25, 0.3) is 0 Å². The molecule has 6 rings (SSSR count). The molecule has 0 amide bonds. The zero-order valence-electron chi connectivity index (χ0n) is 23.2. The number of methoxy groups -OCH3 is 2. The molecule has 8 nitrogen and oxygen atoms in total. The average Bonchev–Trinajstić information content (AvgIpc) is 3.00. The van der Waals surface area contributed by atoms with Gasteiger partial charge in [-0.05, 0) is 58.7 Å². The molecular formula is C34H30O8. The highest BCUT2D eigenvalue weighted by Gasteiger charge is 2.60. The molecule has 0 radical (unpaired) electrons. The molecule has 0 bridgehead atoms. The number of benzene rings is 4. The monoisotopic (exact) mass is 566 g/mol. The molecule has 2 aliphatic rings. The third kappa shape index (κ3) is 4.89. The minimum Gasteiger partial charge on any atom is -0.496 e. The van der Waals surface area contributed by atoms with Crippen LogP contribution in [0.3, 0.4) is 0 Å². The van der Waals surface area contributed by atoms with E-state index in [9.17, 15) is 14.7 Å². The number of rotatable bonds is 8. The number of esters is 1. The molecule has 1 heterocycles. The zero-order valence-corrected chi connectivity index (χ0v) is 23.2. The van der Waals surface area contributed by atoms with E-state index in [4.69, 9.17) is 23.7 Å². The van der Waals surface area contributed by atoms with Gasteiger partial charge in [0.2, 0.25) is 0 Å². The Morgan fingerprint density at radius 3 is 1.90 bits per heavy atom. The van der Waals surface area contributed by atoms with Crippen molar-refractivity contribution >= 4 is 11.9 Å². The lowest BCUT2D eigenvalue weighted by Crippen LogP contribution is -2.52. The van der Waals surface area contributed by atoms with Gasteiger partial charge in [0.15, 0.2) is 11.5 Å². The number of hydrogen-bond acceptors (Lipinski definition) is 7. The van der Waals surface area contributed by atoms with Crippen molar-refractivity contribution in [1.82, 2.24) is 0 Å². The number of carboxylic acids is 1. The highest BCUT2D eigenvalue weighted by molar-refractivity contribution is 5.86. The van der Waals surface area contributed by atoms with Crippen molar-refractivity contribution in [2.24, 2.45) is 11.8 Å². The Labute approximate surface area is 243 Å². The van der Waals surface area contributed by atoms with Gasteiger partial charge in [-0.2, -0.15) is 0 Å². The summed E-state index contributed by atoms with van der Waals surface area (Å²) in [5.41, 5.74) is 3.00. The minimum atomic E-state index is -1.01. The Bertz CT molecular complexity index is 1570. The Hall–Kier alpha value is -4.98. The number of carboxylic acid groups (broad SMARTS) is 1. The van der Waals surface area contributed by atoms with Crippen LogP contribution in [0.25, 0.3) is 11.1 Å². The summed E-state index contributed by atoms with van der Waals surface area (Å²) >= 11 is 0. The molecule has 4 aromatic carbocycles. The fourth-order valence-corrected chi connectivity index (χ4v) is 6.15. The van der Waals surface area contributed by atoms with E-state index < -0.39 is 35.6 Å². The molecule has 214 valence electrons. The number of carbonyl (C=O) groups excluding carboxylic acids is 1. The van der Waals surface area contributed by atoms with Gasteiger partial charge < -0.3 is 28.8 Å². The van der Waals surface area contributed by atoms with E-state index in [1.807, 2.05) is 54.6 Å². The number of hydrogen-bond donors (Lipinski definition) is 1. The summed E-state index contributed by atoms with van der Waals surface area (Å²) in [6, 6.07) is 27.3. The fraction of sp³-hybridized carbons (Fsp3) is 0.235. The predicted molar refractivity (Wildman–Crippen MR) is 155 cm³/mol. The number of aliphatic carboxylic acids is 1. The van der Waals surface area contributed by atoms with E-state index >= 15 is 0 Å². The molecule has 2 atom stereocenters. The molecule has 8 heteroatoms. The van der Waals surface area contributed by atoms with Crippen LogP contribution in [0.5, 0.6) is 28.7 Å². The van der Waals surface area contributed by atoms with Crippen molar-refractivity contribution in [3.63, 3.8) is 0 Å². The van der Waals surface area contributed by atoms with Crippen LogP contribution in [0.2, 0.25) is 0 Å². The SMILES string of the molecule is COc1ccccc1[C@H]1[C@H](C(=O)O)[C@H](c2ccccc2OC)[C@@H]1C(=O)Oc1cccc(-c2ccc3c(c2)OCCO3)c1. The first-order valence-electron chi connectivity index (χ1n) is 13.7. The van der Waals surface area contributed by atoms with Gasteiger partial charge in [-0.3, -0.25) is 9.59 Å². The van der Waals surface area contributed by atoms with Crippen molar-refractivity contribution in [1.29, 1.82) is 0 Å². The maximum atomic E-state index is 14.0.